The van der Waals surface area contributed by atoms with Crippen molar-refractivity contribution in [2.45, 2.75) is 38.1 Å². The van der Waals surface area contributed by atoms with Crippen LogP contribution in [0.25, 0.3) is 11.0 Å². The molecule has 5 nitrogen and oxygen atoms in total. The number of imidazole rings is 1. The maximum atomic E-state index is 12.5. The molecule has 1 amide bonds. The van der Waals surface area contributed by atoms with Gasteiger partial charge in [-0.1, -0.05) is 12.8 Å². The third kappa shape index (κ3) is 3.97. The van der Waals surface area contributed by atoms with Crippen LogP contribution in [0, 0.1) is 5.92 Å². The Kier molecular flexibility index (Phi) is 6.45. The number of hydrogen-bond acceptors (Lipinski definition) is 3. The van der Waals surface area contributed by atoms with Gasteiger partial charge in [0.2, 0.25) is 5.91 Å². The van der Waals surface area contributed by atoms with E-state index < -0.39 is 5.54 Å². The smallest absolute Gasteiger partial charge is 0.229 e. The number of benzene rings is 1. The fourth-order valence-electron chi connectivity index (χ4n) is 3.23. The van der Waals surface area contributed by atoms with E-state index in [0.29, 0.717) is 0 Å². The molecule has 0 spiro atoms. The topological polar surface area (TPSA) is 72.9 Å². The Bertz CT molecular complexity index is 684. The van der Waals surface area contributed by atoms with Gasteiger partial charge in [-0.25, -0.2) is 4.98 Å². The van der Waals surface area contributed by atoms with Crippen LogP contribution in [0.15, 0.2) is 24.5 Å². The molecule has 2 atom stereocenters. The van der Waals surface area contributed by atoms with Crippen LogP contribution in [0.1, 0.15) is 32.6 Å². The molecule has 1 aromatic heterocycles. The van der Waals surface area contributed by atoms with Crippen LogP contribution >= 0.6 is 24.8 Å². The number of nitrogens with zero attached hydrogens (tertiary/aromatic N) is 2. The van der Waals surface area contributed by atoms with E-state index in [4.69, 9.17) is 5.73 Å². The Hall–Kier alpha value is -1.30. The summed E-state index contributed by atoms with van der Waals surface area (Å²) in [6.07, 6.45) is 5.73. The summed E-state index contributed by atoms with van der Waals surface area (Å²) in [5.41, 5.74) is 8.61. The average molecular weight is 359 g/mol. The SMILES string of the molecule is Cl.Cl.Cn1cnc2cc(NC(=O)C3CCCCC3(C)N)ccc21. The van der Waals surface area contributed by atoms with E-state index in [-0.39, 0.29) is 36.6 Å². The Labute approximate surface area is 148 Å². The Morgan fingerprint density at radius 2 is 2.13 bits per heavy atom. The first-order valence-corrected chi connectivity index (χ1v) is 7.48. The molecule has 7 heteroatoms. The van der Waals surface area contributed by atoms with E-state index >= 15 is 0 Å². The highest BCUT2D eigenvalue weighted by Crippen LogP contribution is 2.32. The molecule has 3 rings (SSSR count). The summed E-state index contributed by atoms with van der Waals surface area (Å²) >= 11 is 0. The Morgan fingerprint density at radius 3 is 2.83 bits per heavy atom. The number of fused-ring (bicyclic) bond motifs is 1. The van der Waals surface area contributed by atoms with Crippen LogP contribution < -0.4 is 11.1 Å². The quantitative estimate of drug-likeness (QED) is 0.864. The molecule has 3 N–H and O–H groups in total. The zero-order chi connectivity index (χ0) is 15.0. The molecule has 2 aromatic rings. The molecule has 23 heavy (non-hydrogen) atoms. The normalized spacial score (nSPS) is 23.7. The molecular formula is C16H24Cl2N4O. The van der Waals surface area contributed by atoms with Gasteiger partial charge in [0, 0.05) is 18.3 Å². The predicted octanol–water partition coefficient (Wildman–Crippen LogP) is 3.26. The first kappa shape index (κ1) is 19.7. The number of amides is 1. The van der Waals surface area contributed by atoms with E-state index in [0.717, 1.165) is 42.4 Å². The summed E-state index contributed by atoms with van der Waals surface area (Å²) in [5.74, 6) is -0.0966. The molecule has 0 bridgehead atoms. The Balaban J connectivity index is 0.00000132. The number of anilines is 1. The van der Waals surface area contributed by atoms with Crippen molar-refractivity contribution in [3.63, 3.8) is 0 Å². The maximum absolute atomic E-state index is 12.5. The zero-order valence-electron chi connectivity index (χ0n) is 13.4. The van der Waals surface area contributed by atoms with Crippen molar-refractivity contribution in [3.8, 4) is 0 Å². The maximum Gasteiger partial charge on any atom is 0.229 e. The number of carbonyl (C=O) groups excluding carboxylic acids is 1. The van der Waals surface area contributed by atoms with Crippen LogP contribution in [-0.4, -0.2) is 21.0 Å². The number of carbonyl (C=O) groups is 1. The summed E-state index contributed by atoms with van der Waals surface area (Å²) in [4.78, 5) is 16.8. The summed E-state index contributed by atoms with van der Waals surface area (Å²) < 4.78 is 1.96. The molecule has 2 unspecified atom stereocenters. The van der Waals surface area contributed by atoms with E-state index in [1.807, 2.05) is 36.7 Å². The third-order valence-electron chi connectivity index (χ3n) is 4.56. The van der Waals surface area contributed by atoms with E-state index in [9.17, 15) is 4.79 Å². The van der Waals surface area contributed by atoms with Crippen molar-refractivity contribution in [1.82, 2.24) is 9.55 Å². The first-order chi connectivity index (χ1) is 9.97. The monoisotopic (exact) mass is 358 g/mol. The van der Waals surface area contributed by atoms with Crippen molar-refractivity contribution in [2.75, 3.05) is 5.32 Å². The van der Waals surface area contributed by atoms with Gasteiger partial charge in [0.05, 0.1) is 23.3 Å². The molecule has 1 saturated carbocycles. The van der Waals surface area contributed by atoms with Crippen LogP contribution in [0.4, 0.5) is 5.69 Å². The second kappa shape index (κ2) is 7.51. The van der Waals surface area contributed by atoms with E-state index in [2.05, 4.69) is 10.3 Å². The van der Waals surface area contributed by atoms with E-state index in [1.54, 1.807) is 6.33 Å². The predicted molar refractivity (Wildman–Crippen MR) is 98.4 cm³/mol. The average Bonchev–Trinajstić information content (AvgIpc) is 2.79. The van der Waals surface area contributed by atoms with Gasteiger partial charge in [-0.2, -0.15) is 0 Å². The molecule has 0 aliphatic heterocycles. The van der Waals surface area contributed by atoms with Crippen LogP contribution in [0.3, 0.4) is 0 Å². The lowest BCUT2D eigenvalue weighted by atomic mass is 9.74. The number of nitrogens with two attached hydrogens (primary N) is 1. The van der Waals surface area contributed by atoms with Gasteiger partial charge in [-0.05, 0) is 38.0 Å². The minimum absolute atomic E-state index is 0. The number of rotatable bonds is 2. The van der Waals surface area contributed by atoms with Gasteiger partial charge in [0.15, 0.2) is 0 Å². The van der Waals surface area contributed by atoms with E-state index in [1.165, 1.54) is 0 Å². The van der Waals surface area contributed by atoms with Crippen molar-refractivity contribution in [1.29, 1.82) is 0 Å². The summed E-state index contributed by atoms with van der Waals surface area (Å²) in [6, 6.07) is 5.79. The van der Waals surface area contributed by atoms with Gasteiger partial charge in [-0.15, -0.1) is 24.8 Å². The standard InChI is InChI=1S/C16H22N4O.2ClH/c1-16(17)8-4-3-5-12(16)15(21)19-11-6-7-14-13(9-11)18-10-20(14)2;;/h6-7,9-10,12H,3-5,8,17H2,1-2H3,(H,19,21);2*1H. The third-order valence-corrected chi connectivity index (χ3v) is 4.56. The van der Waals surface area contributed by atoms with Crippen molar-refractivity contribution < 1.29 is 4.79 Å². The molecule has 128 valence electrons. The largest absolute Gasteiger partial charge is 0.334 e. The highest BCUT2D eigenvalue weighted by molar-refractivity contribution is 5.95. The second-order valence-electron chi connectivity index (χ2n) is 6.35. The minimum Gasteiger partial charge on any atom is -0.334 e. The van der Waals surface area contributed by atoms with Crippen molar-refractivity contribution in [2.24, 2.45) is 18.7 Å². The highest BCUT2D eigenvalue weighted by Gasteiger charge is 2.37. The van der Waals surface area contributed by atoms with Crippen molar-refractivity contribution >= 4 is 47.4 Å². The molecule has 1 aliphatic carbocycles. The van der Waals surface area contributed by atoms with Crippen LogP contribution in [0.2, 0.25) is 0 Å². The lowest BCUT2D eigenvalue weighted by Crippen LogP contribution is -2.51. The van der Waals surface area contributed by atoms with Crippen LogP contribution in [-0.2, 0) is 11.8 Å². The fraction of sp³-hybridized carbons (Fsp3) is 0.500. The first-order valence-electron chi connectivity index (χ1n) is 7.48. The molecule has 1 heterocycles. The lowest BCUT2D eigenvalue weighted by molar-refractivity contribution is -0.122. The molecule has 0 radical (unpaired) electrons. The second-order valence-corrected chi connectivity index (χ2v) is 6.35. The Morgan fingerprint density at radius 1 is 1.39 bits per heavy atom. The summed E-state index contributed by atoms with van der Waals surface area (Å²) in [6.45, 7) is 1.98. The lowest BCUT2D eigenvalue weighted by Gasteiger charge is -2.37. The molecule has 1 fully saturated rings. The number of hydrogen-bond donors (Lipinski definition) is 2. The van der Waals surface area contributed by atoms with Crippen molar-refractivity contribution in [3.05, 3.63) is 24.5 Å². The van der Waals surface area contributed by atoms with Gasteiger partial charge >= 0.3 is 0 Å². The van der Waals surface area contributed by atoms with Gasteiger partial charge in [0.25, 0.3) is 0 Å². The molecular weight excluding hydrogens is 335 g/mol. The molecule has 1 aromatic carbocycles. The van der Waals surface area contributed by atoms with Crippen LogP contribution in [0.5, 0.6) is 0 Å². The minimum atomic E-state index is -0.405. The van der Waals surface area contributed by atoms with Gasteiger partial charge < -0.3 is 15.6 Å². The number of aryl methyl sites for hydroxylation is 1. The highest BCUT2D eigenvalue weighted by atomic mass is 35.5. The number of aromatic nitrogens is 2. The van der Waals surface area contributed by atoms with Gasteiger partial charge in [0.1, 0.15) is 0 Å². The van der Waals surface area contributed by atoms with Gasteiger partial charge in [-0.3, -0.25) is 4.79 Å². The zero-order valence-corrected chi connectivity index (χ0v) is 15.0. The number of halogens is 2. The molecule has 1 aliphatic rings. The summed E-state index contributed by atoms with van der Waals surface area (Å²) in [7, 11) is 1.95. The molecule has 0 saturated heterocycles. The number of nitrogens with one attached hydrogen (secondary N) is 1. The summed E-state index contributed by atoms with van der Waals surface area (Å²) in [5, 5.41) is 3.00. The fourth-order valence-corrected chi connectivity index (χ4v) is 3.23.